The molecule has 194 valence electrons. The number of benzene rings is 1. The predicted molar refractivity (Wildman–Crippen MR) is 148 cm³/mol. The summed E-state index contributed by atoms with van der Waals surface area (Å²) >= 11 is 0. The van der Waals surface area contributed by atoms with Gasteiger partial charge in [0.1, 0.15) is 12.4 Å². The van der Waals surface area contributed by atoms with Gasteiger partial charge in [-0.15, -0.1) is 0 Å². The standard InChI is InChI=1S/C31H32N4O3/c1-34(2)16-18-38-28-11-7-21(20-32-28)8-12-29(36)35-15-13-25-24-5-3-4-6-26(24)33-30(25)31(35)23-9-10-27-22(19-23)14-17-37-27/h3-12,19-20,26,33H,13-18H2,1-2H3/b12-8+. The lowest BCUT2D eigenvalue weighted by Crippen LogP contribution is -2.35. The van der Waals surface area contributed by atoms with Gasteiger partial charge < -0.3 is 24.6 Å². The van der Waals surface area contributed by atoms with Crippen LogP contribution in [0.1, 0.15) is 23.1 Å². The van der Waals surface area contributed by atoms with Gasteiger partial charge >= 0.3 is 0 Å². The van der Waals surface area contributed by atoms with Crippen LogP contribution in [0, 0.1) is 0 Å². The van der Waals surface area contributed by atoms with E-state index in [1.807, 2.05) is 43.3 Å². The van der Waals surface area contributed by atoms with E-state index in [2.05, 4.69) is 51.6 Å². The molecular weight excluding hydrogens is 476 g/mol. The summed E-state index contributed by atoms with van der Waals surface area (Å²) in [5, 5.41) is 3.69. The summed E-state index contributed by atoms with van der Waals surface area (Å²) in [6.45, 7) is 2.73. The Morgan fingerprint density at radius 1 is 1.24 bits per heavy atom. The minimum Gasteiger partial charge on any atom is -0.493 e. The number of carbonyl (C=O) groups is 1. The molecule has 1 N–H and O–H groups in total. The van der Waals surface area contributed by atoms with Crippen LogP contribution in [0.2, 0.25) is 0 Å². The fourth-order valence-electron chi connectivity index (χ4n) is 5.31. The van der Waals surface area contributed by atoms with E-state index >= 15 is 0 Å². The minimum absolute atomic E-state index is 0.0534. The molecule has 0 radical (unpaired) electrons. The molecule has 0 fully saturated rings. The van der Waals surface area contributed by atoms with Crippen LogP contribution >= 0.6 is 0 Å². The molecular formula is C31H32N4O3. The summed E-state index contributed by atoms with van der Waals surface area (Å²) in [5.41, 5.74) is 7.64. The molecule has 1 amide bonds. The molecule has 1 unspecified atom stereocenters. The number of rotatable bonds is 7. The Bertz CT molecular complexity index is 1400. The van der Waals surface area contributed by atoms with Crippen molar-refractivity contribution in [2.75, 3.05) is 40.4 Å². The van der Waals surface area contributed by atoms with E-state index in [0.717, 1.165) is 47.7 Å². The van der Waals surface area contributed by atoms with Crippen LogP contribution in [0.15, 0.2) is 83.8 Å². The normalized spacial score (nSPS) is 19.6. The number of likely N-dealkylation sites (N-methyl/N-ethyl adjacent to an activating group) is 1. The van der Waals surface area contributed by atoms with Crippen molar-refractivity contribution < 1.29 is 14.3 Å². The Balaban J connectivity index is 1.27. The Labute approximate surface area is 223 Å². The van der Waals surface area contributed by atoms with E-state index in [0.29, 0.717) is 25.6 Å². The zero-order valence-electron chi connectivity index (χ0n) is 21.8. The summed E-state index contributed by atoms with van der Waals surface area (Å²) in [4.78, 5) is 22.0. The molecule has 7 nitrogen and oxygen atoms in total. The van der Waals surface area contributed by atoms with E-state index in [1.54, 1.807) is 12.3 Å². The van der Waals surface area contributed by atoms with Gasteiger partial charge in [0.05, 0.1) is 24.0 Å². The molecule has 1 aromatic carbocycles. The number of hydrogen-bond acceptors (Lipinski definition) is 6. The van der Waals surface area contributed by atoms with Crippen LogP contribution in [0.3, 0.4) is 0 Å². The highest BCUT2D eigenvalue weighted by molar-refractivity contribution is 5.99. The highest BCUT2D eigenvalue weighted by Crippen LogP contribution is 2.41. The molecule has 4 heterocycles. The van der Waals surface area contributed by atoms with E-state index < -0.39 is 0 Å². The molecule has 4 aliphatic rings. The van der Waals surface area contributed by atoms with Gasteiger partial charge in [0.15, 0.2) is 0 Å². The molecule has 0 saturated heterocycles. The lowest BCUT2D eigenvalue weighted by atomic mass is 9.93. The number of fused-ring (bicyclic) bond motifs is 3. The summed E-state index contributed by atoms with van der Waals surface area (Å²) < 4.78 is 11.4. The van der Waals surface area contributed by atoms with Crippen molar-refractivity contribution in [1.82, 2.24) is 20.1 Å². The number of aromatic nitrogens is 1. The average Bonchev–Trinajstić information content (AvgIpc) is 3.55. The lowest BCUT2D eigenvalue weighted by Gasteiger charge is -2.32. The van der Waals surface area contributed by atoms with Crippen molar-refractivity contribution in [3.05, 3.63) is 100 Å². The van der Waals surface area contributed by atoms with Gasteiger partial charge in [-0.25, -0.2) is 4.98 Å². The maximum atomic E-state index is 13.6. The number of nitrogens with one attached hydrogen (secondary N) is 1. The number of hydrogen-bond donors (Lipinski definition) is 1. The second-order valence-corrected chi connectivity index (χ2v) is 10.1. The highest BCUT2D eigenvalue weighted by atomic mass is 16.5. The topological polar surface area (TPSA) is 66.9 Å². The zero-order chi connectivity index (χ0) is 26.1. The fourth-order valence-corrected chi connectivity index (χ4v) is 5.31. The van der Waals surface area contributed by atoms with Crippen LogP contribution < -0.4 is 14.8 Å². The molecule has 0 saturated carbocycles. The first-order valence-electron chi connectivity index (χ1n) is 13.2. The summed E-state index contributed by atoms with van der Waals surface area (Å²) in [6, 6.07) is 10.2. The van der Waals surface area contributed by atoms with E-state index in [-0.39, 0.29) is 11.9 Å². The van der Waals surface area contributed by atoms with Crippen LogP contribution in [-0.4, -0.2) is 67.1 Å². The van der Waals surface area contributed by atoms with Crippen LogP contribution in [0.5, 0.6) is 11.6 Å². The number of nitrogens with zero attached hydrogens (tertiary/aromatic N) is 3. The van der Waals surface area contributed by atoms with Gasteiger partial charge in [-0.2, -0.15) is 0 Å². The second kappa shape index (κ2) is 10.3. The first-order valence-corrected chi connectivity index (χ1v) is 13.2. The second-order valence-electron chi connectivity index (χ2n) is 10.1. The maximum Gasteiger partial charge on any atom is 0.251 e. The van der Waals surface area contributed by atoms with Gasteiger partial charge in [-0.3, -0.25) is 4.79 Å². The van der Waals surface area contributed by atoms with Crippen molar-refractivity contribution in [1.29, 1.82) is 0 Å². The molecule has 1 aromatic heterocycles. The van der Waals surface area contributed by atoms with Gasteiger partial charge in [-0.1, -0.05) is 24.3 Å². The third kappa shape index (κ3) is 4.77. The van der Waals surface area contributed by atoms with E-state index in [9.17, 15) is 4.79 Å². The summed E-state index contributed by atoms with van der Waals surface area (Å²) in [5.74, 6) is 1.46. The molecule has 7 heteroatoms. The van der Waals surface area contributed by atoms with E-state index in [1.165, 1.54) is 16.7 Å². The van der Waals surface area contributed by atoms with Gasteiger partial charge in [0.25, 0.3) is 5.91 Å². The monoisotopic (exact) mass is 508 g/mol. The zero-order valence-corrected chi connectivity index (χ0v) is 21.8. The highest BCUT2D eigenvalue weighted by Gasteiger charge is 2.36. The van der Waals surface area contributed by atoms with Crippen molar-refractivity contribution in [2.45, 2.75) is 18.9 Å². The minimum atomic E-state index is -0.0534. The maximum absolute atomic E-state index is 13.6. The van der Waals surface area contributed by atoms with Crippen LogP contribution in [-0.2, 0) is 11.2 Å². The van der Waals surface area contributed by atoms with Crippen molar-refractivity contribution in [3.8, 4) is 11.6 Å². The van der Waals surface area contributed by atoms with Gasteiger partial charge in [-0.05, 0) is 73.1 Å². The molecule has 1 atom stereocenters. The number of carbonyl (C=O) groups excluding carboxylic acids is 1. The smallest absolute Gasteiger partial charge is 0.251 e. The summed E-state index contributed by atoms with van der Waals surface area (Å²) in [6.07, 6.45) is 15.4. The molecule has 0 bridgehead atoms. The average molecular weight is 509 g/mol. The van der Waals surface area contributed by atoms with Crippen molar-refractivity contribution >= 4 is 17.7 Å². The molecule has 3 aliphatic heterocycles. The van der Waals surface area contributed by atoms with Gasteiger partial charge in [0, 0.05) is 43.4 Å². The largest absolute Gasteiger partial charge is 0.493 e. The number of ether oxygens (including phenoxy) is 2. The fraction of sp³-hybridized carbons (Fsp3) is 0.290. The Morgan fingerprint density at radius 3 is 3.00 bits per heavy atom. The molecule has 0 spiro atoms. The third-order valence-electron chi connectivity index (χ3n) is 7.26. The Kier molecular flexibility index (Phi) is 6.60. The third-order valence-corrected chi connectivity index (χ3v) is 7.26. The molecule has 38 heavy (non-hydrogen) atoms. The van der Waals surface area contributed by atoms with Crippen molar-refractivity contribution in [2.24, 2.45) is 0 Å². The predicted octanol–water partition coefficient (Wildman–Crippen LogP) is 3.97. The quantitative estimate of drug-likeness (QED) is 0.571. The molecule has 1 aliphatic carbocycles. The lowest BCUT2D eigenvalue weighted by molar-refractivity contribution is -0.123. The molecule has 6 rings (SSSR count). The SMILES string of the molecule is CN(C)CCOc1ccc(/C=C/C(=O)N2CCC3=C4C=CC=CC4NC3=C2c2ccc3c(c2)CCO3)cn1. The van der Waals surface area contributed by atoms with Crippen LogP contribution in [0.4, 0.5) is 0 Å². The summed E-state index contributed by atoms with van der Waals surface area (Å²) in [7, 11) is 4.01. The number of amides is 1. The van der Waals surface area contributed by atoms with E-state index in [4.69, 9.17) is 9.47 Å². The number of allylic oxidation sites excluding steroid dienone is 3. The van der Waals surface area contributed by atoms with Gasteiger partial charge in [0.2, 0.25) is 5.88 Å². The van der Waals surface area contributed by atoms with Crippen molar-refractivity contribution in [3.63, 3.8) is 0 Å². The Hall–Kier alpha value is -4.10. The molecule has 2 aromatic rings. The first kappa shape index (κ1) is 24.2. The Morgan fingerprint density at radius 2 is 2.16 bits per heavy atom. The number of pyridine rings is 1. The first-order chi connectivity index (χ1) is 18.6. The van der Waals surface area contributed by atoms with Crippen LogP contribution in [0.25, 0.3) is 11.8 Å².